The predicted octanol–water partition coefficient (Wildman–Crippen LogP) is 6.18. The van der Waals surface area contributed by atoms with Crippen LogP contribution in [0.25, 0.3) is 5.82 Å². The minimum absolute atomic E-state index is 0.192. The fourth-order valence-corrected chi connectivity index (χ4v) is 5.40. The third-order valence-corrected chi connectivity index (χ3v) is 7.25. The van der Waals surface area contributed by atoms with E-state index in [4.69, 9.17) is 19.8 Å². The molecular weight excluding hydrogens is 530 g/mol. The van der Waals surface area contributed by atoms with Gasteiger partial charge < -0.3 is 25.2 Å². The van der Waals surface area contributed by atoms with E-state index in [1.165, 1.54) is 6.07 Å². The van der Waals surface area contributed by atoms with E-state index in [1.807, 2.05) is 80.6 Å². The van der Waals surface area contributed by atoms with Crippen LogP contribution in [0.3, 0.4) is 0 Å². The molecule has 42 heavy (non-hydrogen) atoms. The summed E-state index contributed by atoms with van der Waals surface area (Å²) in [5, 5.41) is 29.0. The molecular formula is C32H27N7O3. The smallest absolute Gasteiger partial charge is 0.179 e. The summed E-state index contributed by atoms with van der Waals surface area (Å²) in [4.78, 5) is 16.8. The van der Waals surface area contributed by atoms with Crippen molar-refractivity contribution in [2.75, 3.05) is 16.8 Å². The molecule has 2 aliphatic heterocycles. The lowest BCUT2D eigenvalue weighted by molar-refractivity contribution is 0.340. The van der Waals surface area contributed by atoms with E-state index in [9.17, 15) is 10.2 Å². The maximum absolute atomic E-state index is 10.6. The molecule has 4 heterocycles. The van der Waals surface area contributed by atoms with Crippen LogP contribution in [0.15, 0.2) is 101 Å². The highest BCUT2D eigenvalue weighted by molar-refractivity contribution is 6.51. The largest absolute Gasteiger partial charge is 0.504 e. The fourth-order valence-electron chi connectivity index (χ4n) is 5.40. The van der Waals surface area contributed by atoms with Crippen LogP contribution in [-0.2, 0) is 0 Å². The number of benzene rings is 3. The summed E-state index contributed by atoms with van der Waals surface area (Å²) in [5.74, 6) is 2.73. The third-order valence-electron chi connectivity index (χ3n) is 7.25. The van der Waals surface area contributed by atoms with Gasteiger partial charge in [-0.2, -0.15) is 9.78 Å². The number of hydrogen-bond acceptors (Lipinski definition) is 9. The van der Waals surface area contributed by atoms with Crippen molar-refractivity contribution < 1.29 is 14.9 Å². The summed E-state index contributed by atoms with van der Waals surface area (Å²) in [5.41, 5.74) is 4.79. The zero-order valence-electron chi connectivity index (χ0n) is 22.9. The summed E-state index contributed by atoms with van der Waals surface area (Å²) in [6.07, 6.45) is 1.72. The van der Waals surface area contributed by atoms with Crippen LogP contribution in [0.1, 0.15) is 29.8 Å². The van der Waals surface area contributed by atoms with Gasteiger partial charge in [0, 0.05) is 17.4 Å². The lowest BCUT2D eigenvalue weighted by atomic mass is 9.93. The fraction of sp³-hybridized carbons (Fsp3) is 0.125. The van der Waals surface area contributed by atoms with Crippen LogP contribution in [0, 0.1) is 6.92 Å². The number of pyridine rings is 1. The second-order valence-electron chi connectivity index (χ2n) is 9.91. The number of amidine groups is 2. The number of aromatic hydroxyl groups is 2. The van der Waals surface area contributed by atoms with Gasteiger partial charge >= 0.3 is 0 Å². The van der Waals surface area contributed by atoms with Crippen molar-refractivity contribution in [2.24, 2.45) is 9.98 Å². The highest BCUT2D eigenvalue weighted by Gasteiger charge is 2.41. The summed E-state index contributed by atoms with van der Waals surface area (Å²) in [6.45, 7) is 4.48. The molecule has 7 rings (SSSR count). The van der Waals surface area contributed by atoms with Crippen molar-refractivity contribution in [2.45, 2.75) is 19.9 Å². The molecule has 208 valence electrons. The van der Waals surface area contributed by atoms with Crippen LogP contribution in [0.5, 0.6) is 17.2 Å². The maximum Gasteiger partial charge on any atom is 0.179 e. The number of rotatable bonds is 5. The second-order valence-corrected chi connectivity index (χ2v) is 9.91. The molecule has 0 radical (unpaired) electrons. The Hall–Kier alpha value is -5.64. The number of para-hydroxylation sites is 2. The summed E-state index contributed by atoms with van der Waals surface area (Å²) in [7, 11) is 0. The monoisotopic (exact) mass is 557 g/mol. The zero-order valence-corrected chi connectivity index (χ0v) is 22.9. The van der Waals surface area contributed by atoms with E-state index in [1.54, 1.807) is 23.0 Å². The first kappa shape index (κ1) is 25.3. The maximum atomic E-state index is 10.6. The van der Waals surface area contributed by atoms with Gasteiger partial charge in [0.05, 0.1) is 29.7 Å². The average molecular weight is 558 g/mol. The normalized spacial score (nSPS) is 15.2. The average Bonchev–Trinajstić information content (AvgIpc) is 3.35. The highest BCUT2D eigenvalue weighted by Crippen LogP contribution is 2.49. The van der Waals surface area contributed by atoms with Crippen molar-refractivity contribution >= 4 is 34.6 Å². The number of nitrogens with zero attached hydrogens (tertiary/aromatic N) is 6. The molecule has 0 fully saturated rings. The van der Waals surface area contributed by atoms with Crippen LogP contribution in [0.2, 0.25) is 0 Å². The predicted molar refractivity (Wildman–Crippen MR) is 162 cm³/mol. The van der Waals surface area contributed by atoms with E-state index < -0.39 is 6.04 Å². The minimum Gasteiger partial charge on any atom is -0.504 e. The number of hydrogen-bond donors (Lipinski definition) is 3. The molecule has 0 saturated carbocycles. The minimum atomic E-state index is -0.453. The molecule has 0 spiro atoms. The van der Waals surface area contributed by atoms with E-state index >= 15 is 0 Å². The lowest BCUT2D eigenvalue weighted by Gasteiger charge is -2.40. The van der Waals surface area contributed by atoms with E-state index in [2.05, 4.69) is 15.2 Å². The van der Waals surface area contributed by atoms with Gasteiger partial charge in [-0.25, -0.2) is 15.0 Å². The molecule has 3 N–H and O–H groups in total. The summed E-state index contributed by atoms with van der Waals surface area (Å²) < 4.78 is 7.35. The molecule has 3 aromatic carbocycles. The molecule has 0 amide bonds. The van der Waals surface area contributed by atoms with Gasteiger partial charge in [-0.15, -0.1) is 0 Å². The summed E-state index contributed by atoms with van der Waals surface area (Å²) in [6, 6.07) is 25.6. The molecule has 10 nitrogen and oxygen atoms in total. The molecule has 2 aromatic heterocycles. The molecule has 1 unspecified atom stereocenters. The Morgan fingerprint density at radius 2 is 1.71 bits per heavy atom. The summed E-state index contributed by atoms with van der Waals surface area (Å²) >= 11 is 0. The number of aromatic nitrogens is 3. The van der Waals surface area contributed by atoms with Gasteiger partial charge in [-0.05, 0) is 80.1 Å². The number of fused-ring (bicyclic) bond motifs is 4. The first-order valence-corrected chi connectivity index (χ1v) is 13.6. The van der Waals surface area contributed by atoms with Crippen molar-refractivity contribution in [3.8, 4) is 23.1 Å². The topological polar surface area (TPSA) is 120 Å². The quantitative estimate of drug-likeness (QED) is 0.221. The lowest BCUT2D eigenvalue weighted by Crippen LogP contribution is -2.46. The zero-order chi connectivity index (χ0) is 28.8. The number of phenolic OH excluding ortho intramolecular Hbond substituents is 2. The molecule has 0 aliphatic carbocycles. The van der Waals surface area contributed by atoms with Crippen molar-refractivity contribution in [1.29, 1.82) is 0 Å². The molecule has 2 aliphatic rings. The molecule has 0 bridgehead atoms. The van der Waals surface area contributed by atoms with Crippen LogP contribution >= 0.6 is 0 Å². The molecule has 0 saturated heterocycles. The Labute approximate surface area is 241 Å². The number of phenols is 2. The van der Waals surface area contributed by atoms with E-state index in [0.29, 0.717) is 29.9 Å². The molecule has 1 atom stereocenters. The highest BCUT2D eigenvalue weighted by atomic mass is 16.5. The molecule has 10 heteroatoms. The first-order chi connectivity index (χ1) is 20.5. The standard InChI is InChI=1S/C32H27N7O3/c1-3-42-22-14-12-21(13-15-22)34-30-32-36-31-28(19(2)37-39(31)27-10-6-7-17-33-27)29(20-11-16-25(40)26(41)18-20)38(32)24-9-5-4-8-23(24)35-30/h4-18,29,40-41H,3H2,1-2H3,(H,34,35). The van der Waals surface area contributed by atoms with Gasteiger partial charge in [0.1, 0.15) is 5.75 Å². The van der Waals surface area contributed by atoms with Gasteiger partial charge in [0.2, 0.25) is 0 Å². The number of aryl methyl sites for hydroxylation is 1. The number of aliphatic imine (C=N–C) groups is 2. The van der Waals surface area contributed by atoms with Crippen molar-refractivity contribution in [3.05, 3.63) is 108 Å². The van der Waals surface area contributed by atoms with Crippen molar-refractivity contribution in [3.63, 3.8) is 0 Å². The second kappa shape index (κ2) is 10.1. The Morgan fingerprint density at radius 3 is 2.48 bits per heavy atom. The van der Waals surface area contributed by atoms with Crippen LogP contribution in [0.4, 0.5) is 22.9 Å². The van der Waals surface area contributed by atoms with Gasteiger partial charge in [-0.3, -0.25) is 0 Å². The number of ether oxygens (including phenoxy) is 1. The van der Waals surface area contributed by atoms with E-state index in [0.717, 1.165) is 39.6 Å². The van der Waals surface area contributed by atoms with Crippen molar-refractivity contribution in [1.82, 2.24) is 14.8 Å². The number of anilines is 2. The Morgan fingerprint density at radius 1 is 0.905 bits per heavy atom. The van der Waals surface area contributed by atoms with Crippen LogP contribution in [-0.4, -0.2) is 43.3 Å². The first-order valence-electron chi connectivity index (χ1n) is 13.6. The Kier molecular flexibility index (Phi) is 6.08. The SMILES string of the molecule is CCOc1ccc(NC2=Nc3ccccc3N3C2=Nc2c(c(C)nn2-c2ccccn2)C3c2ccc(O)c(O)c2)cc1. The molecule has 5 aromatic rings. The number of nitrogens with one attached hydrogen (secondary N) is 1. The third kappa shape index (κ3) is 4.21. The Balaban J connectivity index is 1.46. The Bertz CT molecular complexity index is 1860. The van der Waals surface area contributed by atoms with Gasteiger partial charge in [0.15, 0.2) is 34.8 Å². The van der Waals surface area contributed by atoms with Gasteiger partial charge in [0.25, 0.3) is 0 Å². The van der Waals surface area contributed by atoms with E-state index in [-0.39, 0.29) is 11.5 Å². The van der Waals surface area contributed by atoms with Crippen LogP contribution < -0.4 is 15.0 Å². The van der Waals surface area contributed by atoms with Gasteiger partial charge in [-0.1, -0.05) is 24.3 Å².